The first kappa shape index (κ1) is 33.6. The van der Waals surface area contributed by atoms with E-state index in [4.69, 9.17) is 33.3 Å². The lowest BCUT2D eigenvalue weighted by Gasteiger charge is -2.28. The molecule has 6 N–H and O–H groups in total. The molecule has 2 aliphatic heterocycles. The number of rotatable bonds is 13. The minimum absolute atomic E-state index is 0.0119. The molecule has 21 heteroatoms. The molecule has 242 valence electrons. The summed E-state index contributed by atoms with van der Waals surface area (Å²) in [5.74, 6) is 0. The summed E-state index contributed by atoms with van der Waals surface area (Å²) < 4.78 is 47.4. The van der Waals surface area contributed by atoms with Gasteiger partial charge in [-0.3, -0.25) is 37.7 Å². The first-order valence-corrected chi connectivity index (χ1v) is 14.6. The number of hydrogen-bond acceptors (Lipinski definition) is 15. The zero-order valence-electron chi connectivity index (χ0n) is 22.9. The summed E-state index contributed by atoms with van der Waals surface area (Å²) in [5, 5.41) is 39.5. The van der Waals surface area contributed by atoms with Crippen molar-refractivity contribution in [1.29, 1.82) is 5.26 Å². The van der Waals surface area contributed by atoms with E-state index >= 15 is 0 Å². The molecule has 2 aromatic rings. The number of aromatic nitrogens is 4. The number of aliphatic hydroxyl groups is 3. The van der Waals surface area contributed by atoms with Gasteiger partial charge in [0, 0.05) is 24.5 Å². The highest BCUT2D eigenvalue weighted by molar-refractivity contribution is 7.47. The molecule has 0 spiro atoms. The van der Waals surface area contributed by atoms with Crippen LogP contribution >= 0.6 is 7.82 Å². The number of ether oxygens (including phenoxy) is 4. The molecule has 44 heavy (non-hydrogen) atoms. The van der Waals surface area contributed by atoms with Crippen LogP contribution in [0.5, 0.6) is 0 Å². The van der Waals surface area contributed by atoms with Gasteiger partial charge in [0.1, 0.15) is 36.6 Å². The Balaban J connectivity index is 1.51. The summed E-state index contributed by atoms with van der Waals surface area (Å²) in [5.41, 5.74) is -3.32. The molecule has 2 unspecified atom stereocenters. The van der Waals surface area contributed by atoms with Crippen LogP contribution in [0.25, 0.3) is 0 Å². The Kier molecular flexibility index (Phi) is 10.8. The maximum absolute atomic E-state index is 13.1. The molecule has 10 atom stereocenters. The van der Waals surface area contributed by atoms with Crippen molar-refractivity contribution in [3.63, 3.8) is 0 Å². The van der Waals surface area contributed by atoms with E-state index in [1.165, 1.54) is 6.92 Å². The van der Waals surface area contributed by atoms with E-state index in [-0.39, 0.29) is 13.0 Å². The summed E-state index contributed by atoms with van der Waals surface area (Å²) in [6.07, 6.45) is -11.2. The Morgan fingerprint density at radius 3 is 2.16 bits per heavy atom. The van der Waals surface area contributed by atoms with E-state index in [0.717, 1.165) is 33.7 Å². The molecule has 0 aliphatic carbocycles. The second-order valence-electron chi connectivity index (χ2n) is 9.61. The van der Waals surface area contributed by atoms with Crippen molar-refractivity contribution < 1.29 is 52.8 Å². The maximum atomic E-state index is 13.1. The van der Waals surface area contributed by atoms with Gasteiger partial charge in [-0.15, -0.1) is 0 Å². The first-order chi connectivity index (χ1) is 20.8. The molecule has 0 amide bonds. The molecule has 0 radical (unpaired) electrons. The van der Waals surface area contributed by atoms with Crippen molar-refractivity contribution >= 4 is 7.82 Å². The zero-order valence-corrected chi connectivity index (χ0v) is 23.8. The Bertz CT molecular complexity index is 1620. The topological polar surface area (TPSA) is 287 Å². The lowest BCUT2D eigenvalue weighted by Crippen LogP contribution is -2.42. The maximum Gasteiger partial charge on any atom is 0.472 e. The van der Waals surface area contributed by atoms with Crippen molar-refractivity contribution in [3.8, 4) is 6.07 Å². The van der Waals surface area contributed by atoms with E-state index in [1.54, 1.807) is 0 Å². The standard InChI is InChI=1S/C23H30N5O15P/c1-11(38-8-2-5-24)40-19-18(12(9-29)41-21(19)28-7-4-15(31)26-23(28)35)43-44(36,37)39-10-13-16(32)17(33)20(42-13)27-6-3-14(30)25-22(27)34/h3-4,6-7,11-13,16-21,29,32-33H,2,8-10H2,1H3,(H,36,37)(H,25,30,34)(H,26,31,35)/t11?,12-,13-,16-,17-,18-,19-,20-,21-/m1/s1. The molecule has 4 heterocycles. The highest BCUT2D eigenvalue weighted by atomic mass is 31.2. The fourth-order valence-electron chi connectivity index (χ4n) is 4.59. The Morgan fingerprint density at radius 1 is 1.00 bits per heavy atom. The monoisotopic (exact) mass is 647 g/mol. The number of aliphatic hydroxyl groups excluding tert-OH is 3. The summed E-state index contributed by atoms with van der Waals surface area (Å²) in [4.78, 5) is 62.1. The molecule has 20 nitrogen and oxygen atoms in total. The van der Waals surface area contributed by atoms with Gasteiger partial charge in [-0.25, -0.2) is 14.2 Å². The average Bonchev–Trinajstić information content (AvgIpc) is 3.43. The molecule has 4 rings (SSSR count). The van der Waals surface area contributed by atoms with Gasteiger partial charge in [0.05, 0.1) is 32.3 Å². The smallest absolute Gasteiger partial charge is 0.394 e. The number of phosphoric ester groups is 1. The van der Waals surface area contributed by atoms with Crippen molar-refractivity contribution in [2.45, 2.75) is 68.7 Å². The molecule has 2 saturated heterocycles. The molecular formula is C23H30N5O15P. The summed E-state index contributed by atoms with van der Waals surface area (Å²) >= 11 is 0. The minimum Gasteiger partial charge on any atom is -0.394 e. The number of nitrogens with one attached hydrogen (secondary N) is 2. The van der Waals surface area contributed by atoms with Gasteiger partial charge in [-0.1, -0.05) is 0 Å². The molecular weight excluding hydrogens is 617 g/mol. The van der Waals surface area contributed by atoms with Crippen LogP contribution in [0, 0.1) is 11.3 Å². The van der Waals surface area contributed by atoms with Gasteiger partial charge in [0.15, 0.2) is 18.7 Å². The van der Waals surface area contributed by atoms with Crippen LogP contribution < -0.4 is 22.5 Å². The van der Waals surface area contributed by atoms with E-state index in [0.29, 0.717) is 0 Å². The molecule has 0 saturated carbocycles. The van der Waals surface area contributed by atoms with Crippen molar-refractivity contribution in [3.05, 3.63) is 66.2 Å². The first-order valence-electron chi connectivity index (χ1n) is 13.1. The third kappa shape index (κ3) is 7.66. The normalized spacial score (nSPS) is 30.5. The van der Waals surface area contributed by atoms with Crippen molar-refractivity contribution in [2.75, 3.05) is 19.8 Å². The lowest BCUT2D eigenvalue weighted by atomic mass is 10.1. The SMILES string of the molecule is CC(OCCC#N)O[C@@H]1[C@H](OP(=O)(O)OC[C@H]2O[C@@H](n3ccc(=O)[nH]c3=O)[C@H](O)[C@@H]2O)[C@@H](CO)O[C@H]1n1ccc(=O)[nH]c1=O. The van der Waals surface area contributed by atoms with E-state index < -0.39 is 98.9 Å². The molecule has 0 bridgehead atoms. The van der Waals surface area contributed by atoms with Gasteiger partial charge in [-0.2, -0.15) is 5.26 Å². The predicted octanol–water partition coefficient (Wildman–Crippen LogP) is -3.24. The van der Waals surface area contributed by atoms with Crippen LogP contribution in [0.2, 0.25) is 0 Å². The van der Waals surface area contributed by atoms with Crippen LogP contribution in [0.15, 0.2) is 43.7 Å². The van der Waals surface area contributed by atoms with Crippen LogP contribution in [0.3, 0.4) is 0 Å². The van der Waals surface area contributed by atoms with Crippen LogP contribution in [-0.2, 0) is 32.6 Å². The van der Waals surface area contributed by atoms with Crippen LogP contribution in [0.1, 0.15) is 25.8 Å². The third-order valence-electron chi connectivity index (χ3n) is 6.63. The van der Waals surface area contributed by atoms with Crippen LogP contribution in [-0.4, -0.2) is 102 Å². The Morgan fingerprint density at radius 2 is 1.59 bits per heavy atom. The second-order valence-corrected chi connectivity index (χ2v) is 11.0. The third-order valence-corrected chi connectivity index (χ3v) is 7.61. The van der Waals surface area contributed by atoms with Gasteiger partial charge >= 0.3 is 19.2 Å². The largest absolute Gasteiger partial charge is 0.472 e. The van der Waals surface area contributed by atoms with Crippen molar-refractivity contribution in [2.24, 2.45) is 0 Å². The van der Waals surface area contributed by atoms with E-state index in [9.17, 15) is 44.0 Å². The number of phosphoric acid groups is 1. The van der Waals surface area contributed by atoms with Gasteiger partial charge in [-0.05, 0) is 6.92 Å². The molecule has 2 fully saturated rings. The molecule has 2 aliphatic rings. The van der Waals surface area contributed by atoms with Gasteiger partial charge < -0.3 is 39.2 Å². The van der Waals surface area contributed by atoms with Gasteiger partial charge in [0.2, 0.25) is 0 Å². The number of nitriles is 1. The van der Waals surface area contributed by atoms with Crippen molar-refractivity contribution in [1.82, 2.24) is 19.1 Å². The Hall–Kier alpha value is -3.32. The molecule has 0 aromatic carbocycles. The van der Waals surface area contributed by atoms with E-state index in [1.807, 2.05) is 16.0 Å². The number of nitrogens with zero attached hydrogens (tertiary/aromatic N) is 3. The summed E-state index contributed by atoms with van der Waals surface area (Å²) in [7, 11) is -5.13. The second kappa shape index (κ2) is 14.2. The quantitative estimate of drug-likeness (QED) is 0.0707. The fourth-order valence-corrected chi connectivity index (χ4v) is 5.55. The summed E-state index contributed by atoms with van der Waals surface area (Å²) in [6, 6.07) is 3.86. The summed E-state index contributed by atoms with van der Waals surface area (Å²) in [6.45, 7) is -0.265. The minimum atomic E-state index is -5.13. The fraction of sp³-hybridized carbons (Fsp3) is 0.609. The number of aromatic amines is 2. The molecule has 2 aromatic heterocycles. The van der Waals surface area contributed by atoms with Gasteiger partial charge in [0.25, 0.3) is 11.1 Å². The highest BCUT2D eigenvalue weighted by Crippen LogP contribution is 2.49. The predicted molar refractivity (Wildman–Crippen MR) is 141 cm³/mol. The van der Waals surface area contributed by atoms with Crippen LogP contribution in [0.4, 0.5) is 0 Å². The average molecular weight is 647 g/mol. The Labute approximate surface area is 246 Å². The lowest BCUT2D eigenvalue weighted by molar-refractivity contribution is -0.192. The number of H-pyrrole nitrogens is 2. The van der Waals surface area contributed by atoms with E-state index in [2.05, 4.69) is 0 Å². The number of hydrogen-bond donors (Lipinski definition) is 6. The zero-order chi connectivity index (χ0) is 32.2. The highest BCUT2D eigenvalue weighted by Gasteiger charge is 2.52.